The molecule has 1 aromatic carbocycles. The van der Waals surface area contributed by atoms with Crippen LogP contribution in [0.15, 0.2) is 18.2 Å². The lowest BCUT2D eigenvalue weighted by molar-refractivity contribution is -0.123. The van der Waals surface area contributed by atoms with E-state index in [4.69, 9.17) is 4.74 Å². The summed E-state index contributed by atoms with van der Waals surface area (Å²) in [7, 11) is 0. The Hall–Kier alpha value is -2.12. The number of nitrogens with one attached hydrogen (secondary N) is 1. The number of rotatable bonds is 9. The van der Waals surface area contributed by atoms with Gasteiger partial charge >= 0.3 is 0 Å². The van der Waals surface area contributed by atoms with Crippen LogP contribution in [-0.4, -0.2) is 75.7 Å². The third-order valence-electron chi connectivity index (χ3n) is 5.14. The van der Waals surface area contributed by atoms with E-state index in [1.54, 1.807) is 4.90 Å². The summed E-state index contributed by atoms with van der Waals surface area (Å²) in [6.07, 6.45) is 0. The van der Waals surface area contributed by atoms with E-state index in [-0.39, 0.29) is 18.4 Å². The number of ether oxygens (including phenoxy) is 1. The molecule has 0 saturated carbocycles. The maximum absolute atomic E-state index is 12.4. The fourth-order valence-corrected chi connectivity index (χ4v) is 3.47. The zero-order valence-electron chi connectivity index (χ0n) is 17.7. The van der Waals surface area contributed by atoms with E-state index >= 15 is 0 Å². The Morgan fingerprint density at radius 1 is 1.18 bits per heavy atom. The van der Waals surface area contributed by atoms with Gasteiger partial charge < -0.3 is 19.9 Å². The molecule has 0 unspecified atom stereocenters. The van der Waals surface area contributed by atoms with Crippen molar-refractivity contribution in [1.82, 2.24) is 10.2 Å². The predicted octanol–water partition coefficient (Wildman–Crippen LogP) is 1.64. The third kappa shape index (κ3) is 6.21. The second kappa shape index (κ2) is 11.0. The molecule has 2 amide bonds. The molecule has 0 spiro atoms. The van der Waals surface area contributed by atoms with Crippen molar-refractivity contribution < 1.29 is 14.3 Å². The number of aryl methyl sites for hydroxylation is 1. The molecule has 156 valence electrons. The fraction of sp³-hybridized carbons (Fsp3) is 0.619. The monoisotopic (exact) mass is 390 g/mol. The standard InChI is InChI=1S/C21H34N4O3/c1-5-24(6-2)19-7-8-20(17(3)15-19)25(18(4)26)16-21(27)22-9-10-23-11-13-28-14-12-23/h7-8,15H,5-6,9-14,16H2,1-4H3,(H,22,27). The smallest absolute Gasteiger partial charge is 0.240 e. The molecule has 1 fully saturated rings. The minimum atomic E-state index is -0.143. The van der Waals surface area contributed by atoms with Crippen LogP contribution in [0.5, 0.6) is 0 Å². The number of carbonyl (C=O) groups is 2. The summed E-state index contributed by atoms with van der Waals surface area (Å²) >= 11 is 0. The number of morpholine rings is 1. The van der Waals surface area contributed by atoms with Crippen LogP contribution in [0.3, 0.4) is 0 Å². The van der Waals surface area contributed by atoms with Crippen molar-refractivity contribution in [3.05, 3.63) is 23.8 Å². The molecule has 0 bridgehead atoms. The van der Waals surface area contributed by atoms with Gasteiger partial charge in [0.25, 0.3) is 0 Å². The molecule has 28 heavy (non-hydrogen) atoms. The topological polar surface area (TPSA) is 65.1 Å². The quantitative estimate of drug-likeness (QED) is 0.695. The first-order chi connectivity index (χ1) is 13.5. The molecule has 1 N–H and O–H groups in total. The zero-order chi connectivity index (χ0) is 20.5. The second-order valence-corrected chi connectivity index (χ2v) is 7.05. The predicted molar refractivity (Wildman–Crippen MR) is 113 cm³/mol. The number of benzene rings is 1. The summed E-state index contributed by atoms with van der Waals surface area (Å²) in [4.78, 5) is 30.7. The molecule has 0 aromatic heterocycles. The van der Waals surface area contributed by atoms with Crippen LogP contribution >= 0.6 is 0 Å². The number of anilines is 2. The van der Waals surface area contributed by atoms with E-state index in [0.717, 1.165) is 62.9 Å². The van der Waals surface area contributed by atoms with Gasteiger partial charge in [-0.15, -0.1) is 0 Å². The van der Waals surface area contributed by atoms with Crippen molar-refractivity contribution in [3.63, 3.8) is 0 Å². The molecule has 1 aromatic rings. The van der Waals surface area contributed by atoms with Crippen LogP contribution in [0.25, 0.3) is 0 Å². The van der Waals surface area contributed by atoms with Crippen LogP contribution in [0.4, 0.5) is 11.4 Å². The molecule has 1 heterocycles. The molecule has 1 aliphatic heterocycles. The van der Waals surface area contributed by atoms with Crippen LogP contribution in [0, 0.1) is 6.92 Å². The molecule has 7 heteroatoms. The Labute approximate surface area is 168 Å². The Balaban J connectivity index is 1.96. The highest BCUT2D eigenvalue weighted by Gasteiger charge is 2.18. The maximum Gasteiger partial charge on any atom is 0.240 e. The summed E-state index contributed by atoms with van der Waals surface area (Å²) in [6.45, 7) is 14.3. The van der Waals surface area contributed by atoms with E-state index in [1.807, 2.05) is 19.1 Å². The van der Waals surface area contributed by atoms with Crippen LogP contribution in [0.1, 0.15) is 26.3 Å². The number of hydrogen-bond donors (Lipinski definition) is 1. The van der Waals surface area contributed by atoms with Gasteiger partial charge in [0, 0.05) is 57.6 Å². The van der Waals surface area contributed by atoms with Crippen LogP contribution < -0.4 is 15.1 Å². The fourth-order valence-electron chi connectivity index (χ4n) is 3.47. The van der Waals surface area contributed by atoms with Gasteiger partial charge in [-0.2, -0.15) is 0 Å². The average molecular weight is 391 g/mol. The van der Waals surface area contributed by atoms with Crippen molar-refractivity contribution in [1.29, 1.82) is 0 Å². The second-order valence-electron chi connectivity index (χ2n) is 7.05. The van der Waals surface area contributed by atoms with E-state index < -0.39 is 0 Å². The molecule has 7 nitrogen and oxygen atoms in total. The molecular weight excluding hydrogens is 356 g/mol. The molecular formula is C21H34N4O3. The third-order valence-corrected chi connectivity index (χ3v) is 5.14. The van der Waals surface area contributed by atoms with Gasteiger partial charge in [0.1, 0.15) is 6.54 Å². The van der Waals surface area contributed by atoms with Gasteiger partial charge in [0.05, 0.1) is 13.2 Å². The van der Waals surface area contributed by atoms with E-state index in [9.17, 15) is 9.59 Å². The van der Waals surface area contributed by atoms with Crippen molar-refractivity contribution in [3.8, 4) is 0 Å². The molecule has 2 rings (SSSR count). The largest absolute Gasteiger partial charge is 0.379 e. The molecule has 1 aliphatic rings. The van der Waals surface area contributed by atoms with Gasteiger partial charge in [-0.3, -0.25) is 14.5 Å². The van der Waals surface area contributed by atoms with Gasteiger partial charge in [0.15, 0.2) is 0 Å². The van der Waals surface area contributed by atoms with Crippen LogP contribution in [-0.2, 0) is 14.3 Å². The first-order valence-corrected chi connectivity index (χ1v) is 10.2. The van der Waals surface area contributed by atoms with E-state index in [0.29, 0.717) is 6.54 Å². The van der Waals surface area contributed by atoms with Crippen molar-refractivity contribution in [2.75, 3.05) is 68.8 Å². The molecule has 0 atom stereocenters. The molecule has 0 aliphatic carbocycles. The Morgan fingerprint density at radius 3 is 2.43 bits per heavy atom. The summed E-state index contributed by atoms with van der Waals surface area (Å²) in [6, 6.07) is 6.03. The highest BCUT2D eigenvalue weighted by Crippen LogP contribution is 2.26. The SMILES string of the molecule is CCN(CC)c1ccc(N(CC(=O)NCCN2CCOCC2)C(C)=O)c(C)c1. The van der Waals surface area contributed by atoms with Crippen molar-refractivity contribution in [2.24, 2.45) is 0 Å². The Morgan fingerprint density at radius 2 is 1.86 bits per heavy atom. The highest BCUT2D eigenvalue weighted by atomic mass is 16.5. The number of carbonyl (C=O) groups excluding carboxylic acids is 2. The van der Waals surface area contributed by atoms with Gasteiger partial charge in [0.2, 0.25) is 11.8 Å². The lowest BCUT2D eigenvalue weighted by Gasteiger charge is -2.27. The van der Waals surface area contributed by atoms with Crippen LogP contribution in [0.2, 0.25) is 0 Å². The normalized spacial score (nSPS) is 14.6. The number of nitrogens with zero attached hydrogens (tertiary/aromatic N) is 3. The van der Waals surface area contributed by atoms with Crippen molar-refractivity contribution in [2.45, 2.75) is 27.7 Å². The molecule has 1 saturated heterocycles. The Bertz CT molecular complexity index is 655. The lowest BCUT2D eigenvalue weighted by atomic mass is 10.1. The summed E-state index contributed by atoms with van der Waals surface area (Å²) < 4.78 is 5.33. The summed E-state index contributed by atoms with van der Waals surface area (Å²) in [5.41, 5.74) is 2.90. The minimum Gasteiger partial charge on any atom is -0.379 e. The first-order valence-electron chi connectivity index (χ1n) is 10.2. The average Bonchev–Trinajstić information content (AvgIpc) is 2.68. The van der Waals surface area contributed by atoms with E-state index in [2.05, 4.69) is 35.0 Å². The first kappa shape index (κ1) is 22.2. The number of hydrogen-bond acceptors (Lipinski definition) is 5. The minimum absolute atomic E-state index is 0.0316. The van der Waals surface area contributed by atoms with E-state index in [1.165, 1.54) is 6.92 Å². The summed E-state index contributed by atoms with van der Waals surface area (Å²) in [5, 5.41) is 2.93. The number of amides is 2. The van der Waals surface area contributed by atoms with Gasteiger partial charge in [-0.05, 0) is 44.5 Å². The Kier molecular flexibility index (Phi) is 8.73. The van der Waals surface area contributed by atoms with Crippen molar-refractivity contribution >= 4 is 23.2 Å². The highest BCUT2D eigenvalue weighted by molar-refractivity contribution is 5.98. The van der Waals surface area contributed by atoms with Gasteiger partial charge in [-0.1, -0.05) is 0 Å². The lowest BCUT2D eigenvalue weighted by Crippen LogP contribution is -2.44. The zero-order valence-corrected chi connectivity index (χ0v) is 17.7. The molecule has 0 radical (unpaired) electrons. The summed E-state index contributed by atoms with van der Waals surface area (Å²) in [5.74, 6) is -0.280. The van der Waals surface area contributed by atoms with Gasteiger partial charge in [-0.25, -0.2) is 0 Å². The maximum atomic E-state index is 12.4.